The highest BCUT2D eigenvalue weighted by atomic mass is 79.9. The molecule has 0 radical (unpaired) electrons. The number of nitrogens with one attached hydrogen (secondary N) is 1. The first kappa shape index (κ1) is 22.7. The summed E-state index contributed by atoms with van der Waals surface area (Å²) in [6.45, 7) is 5.24. The van der Waals surface area contributed by atoms with Crippen LogP contribution in [0.15, 0.2) is 53.0 Å². The van der Waals surface area contributed by atoms with Crippen molar-refractivity contribution in [3.63, 3.8) is 0 Å². The number of imide groups is 1. The van der Waals surface area contributed by atoms with Crippen molar-refractivity contribution in [2.24, 2.45) is 5.92 Å². The Hall–Kier alpha value is -3.13. The quantitative estimate of drug-likeness (QED) is 0.526. The Labute approximate surface area is 206 Å². The topological polar surface area (TPSA) is 84.9 Å². The molecule has 0 fully saturated rings. The number of halogens is 1. The highest BCUT2D eigenvalue weighted by Gasteiger charge is 2.66. The fourth-order valence-corrected chi connectivity index (χ4v) is 5.80. The summed E-state index contributed by atoms with van der Waals surface area (Å²) < 4.78 is 11.5. The van der Waals surface area contributed by atoms with Crippen LogP contribution in [-0.4, -0.2) is 36.7 Å². The van der Waals surface area contributed by atoms with Crippen LogP contribution in [0.25, 0.3) is 5.57 Å². The van der Waals surface area contributed by atoms with Gasteiger partial charge in [-0.05, 0) is 62.6 Å². The summed E-state index contributed by atoms with van der Waals surface area (Å²) in [6.07, 6.45) is 1.53. The van der Waals surface area contributed by atoms with Gasteiger partial charge in [0.25, 0.3) is 5.91 Å². The monoisotopic (exact) mass is 524 g/mol. The smallest absolute Gasteiger partial charge is 0.421 e. The molecule has 2 aliphatic heterocycles. The summed E-state index contributed by atoms with van der Waals surface area (Å²) in [5.74, 6) is -1.83. The summed E-state index contributed by atoms with van der Waals surface area (Å²) in [6, 6.07) is 12.5. The van der Waals surface area contributed by atoms with Crippen molar-refractivity contribution < 1.29 is 23.9 Å². The third kappa shape index (κ3) is 3.11. The number of amides is 2. The maximum Gasteiger partial charge on any atom is 0.421 e. The number of allylic oxidation sites excluding steroid dienone is 1. The number of esters is 1. The van der Waals surface area contributed by atoms with E-state index in [-0.39, 0.29) is 0 Å². The van der Waals surface area contributed by atoms with Crippen molar-refractivity contribution in [3.05, 3.63) is 64.1 Å². The molecule has 0 unspecified atom stereocenters. The minimum absolute atomic E-state index is 0.300. The molecule has 1 N–H and O–H groups in total. The van der Waals surface area contributed by atoms with Gasteiger partial charge in [0.15, 0.2) is 0 Å². The maximum absolute atomic E-state index is 14.4. The van der Waals surface area contributed by atoms with Gasteiger partial charge in [-0.25, -0.2) is 9.69 Å². The molecule has 3 aliphatic rings. The van der Waals surface area contributed by atoms with Gasteiger partial charge in [-0.3, -0.25) is 9.59 Å². The second-order valence-corrected chi connectivity index (χ2v) is 10.7. The van der Waals surface area contributed by atoms with Crippen LogP contribution in [0.2, 0.25) is 0 Å². The van der Waals surface area contributed by atoms with E-state index in [1.54, 1.807) is 32.9 Å². The molecule has 0 bridgehead atoms. The molecular formula is C26H25BrN2O5. The summed E-state index contributed by atoms with van der Waals surface area (Å²) in [5.41, 5.74) is 1.59. The SMILES string of the molecule is COC(=O)[C@H]1CC=C2c3ccccc3N[C@H]2[C@]12C(=O)N(C(=O)OC(C)(C)C)c1ccc(Br)cc12. The molecule has 8 heteroatoms. The summed E-state index contributed by atoms with van der Waals surface area (Å²) in [7, 11) is 1.32. The van der Waals surface area contributed by atoms with Gasteiger partial charge in [0.1, 0.15) is 11.0 Å². The first-order valence-corrected chi connectivity index (χ1v) is 11.9. The van der Waals surface area contributed by atoms with Crippen LogP contribution in [0.4, 0.5) is 16.2 Å². The highest BCUT2D eigenvalue weighted by Crippen LogP contribution is 2.58. The van der Waals surface area contributed by atoms with Crippen molar-refractivity contribution in [1.82, 2.24) is 0 Å². The normalized spacial score (nSPS) is 24.7. The van der Waals surface area contributed by atoms with Gasteiger partial charge >= 0.3 is 12.1 Å². The Morgan fingerprint density at radius 1 is 1.18 bits per heavy atom. The fourth-order valence-electron chi connectivity index (χ4n) is 5.44. The van der Waals surface area contributed by atoms with Gasteiger partial charge in [-0.2, -0.15) is 0 Å². The second kappa shape index (κ2) is 7.70. The van der Waals surface area contributed by atoms with E-state index in [1.807, 2.05) is 36.4 Å². The van der Waals surface area contributed by atoms with Crippen molar-refractivity contribution in [2.75, 3.05) is 17.3 Å². The number of fused-ring (bicyclic) bond motifs is 6. The number of anilines is 2. The molecule has 34 heavy (non-hydrogen) atoms. The van der Waals surface area contributed by atoms with Crippen molar-refractivity contribution in [2.45, 2.75) is 44.2 Å². The van der Waals surface area contributed by atoms with Crippen LogP contribution in [0.3, 0.4) is 0 Å². The van der Waals surface area contributed by atoms with Crippen LogP contribution < -0.4 is 10.2 Å². The van der Waals surface area contributed by atoms with Gasteiger partial charge in [0, 0.05) is 15.7 Å². The van der Waals surface area contributed by atoms with E-state index in [9.17, 15) is 14.4 Å². The van der Waals surface area contributed by atoms with E-state index >= 15 is 0 Å². The lowest BCUT2D eigenvalue weighted by atomic mass is 9.60. The largest absolute Gasteiger partial charge is 0.469 e. The number of nitrogens with zero attached hydrogens (tertiary/aromatic N) is 1. The molecule has 1 spiro atoms. The van der Waals surface area contributed by atoms with Crippen LogP contribution in [-0.2, 0) is 24.5 Å². The molecular weight excluding hydrogens is 500 g/mol. The Kier molecular flexibility index (Phi) is 5.13. The predicted octanol–water partition coefficient (Wildman–Crippen LogP) is 5.04. The number of carbonyl (C=O) groups excluding carboxylic acids is 3. The van der Waals surface area contributed by atoms with Gasteiger partial charge in [-0.1, -0.05) is 40.2 Å². The van der Waals surface area contributed by atoms with Gasteiger partial charge in [-0.15, -0.1) is 0 Å². The zero-order chi connectivity index (χ0) is 24.4. The van der Waals surface area contributed by atoms with E-state index in [0.29, 0.717) is 17.7 Å². The molecule has 0 saturated heterocycles. The lowest BCUT2D eigenvalue weighted by Crippen LogP contribution is -2.59. The Morgan fingerprint density at radius 3 is 2.62 bits per heavy atom. The van der Waals surface area contributed by atoms with Crippen LogP contribution in [0, 0.1) is 5.92 Å². The number of para-hydroxylation sites is 1. The van der Waals surface area contributed by atoms with Crippen LogP contribution >= 0.6 is 15.9 Å². The second-order valence-electron chi connectivity index (χ2n) is 9.75. The number of rotatable bonds is 1. The van der Waals surface area contributed by atoms with E-state index in [1.165, 1.54) is 7.11 Å². The Morgan fingerprint density at radius 2 is 1.91 bits per heavy atom. The number of benzene rings is 2. The van der Waals surface area contributed by atoms with E-state index in [2.05, 4.69) is 21.2 Å². The lowest BCUT2D eigenvalue weighted by molar-refractivity contribution is -0.151. The Balaban J connectivity index is 1.76. The maximum atomic E-state index is 14.4. The molecule has 3 atom stereocenters. The van der Waals surface area contributed by atoms with Crippen LogP contribution in [0.1, 0.15) is 38.3 Å². The molecule has 5 rings (SSSR count). The summed E-state index contributed by atoms with van der Waals surface area (Å²) >= 11 is 3.52. The zero-order valence-corrected chi connectivity index (χ0v) is 20.9. The number of hydrogen-bond acceptors (Lipinski definition) is 6. The van der Waals surface area contributed by atoms with Crippen molar-refractivity contribution in [1.29, 1.82) is 0 Å². The van der Waals surface area contributed by atoms with Gasteiger partial charge in [0.2, 0.25) is 0 Å². The average Bonchev–Trinajstić information content (AvgIpc) is 3.27. The number of carbonyl (C=O) groups is 3. The molecule has 0 saturated carbocycles. The van der Waals surface area contributed by atoms with Gasteiger partial charge < -0.3 is 14.8 Å². The summed E-state index contributed by atoms with van der Waals surface area (Å²) in [5, 5.41) is 3.49. The molecule has 2 aromatic carbocycles. The third-order valence-electron chi connectivity index (χ3n) is 6.69. The highest BCUT2D eigenvalue weighted by molar-refractivity contribution is 9.10. The minimum atomic E-state index is -1.40. The van der Waals surface area contributed by atoms with E-state index in [0.717, 1.165) is 26.2 Å². The number of methoxy groups -OCH3 is 1. The first-order valence-electron chi connectivity index (χ1n) is 11.1. The fraction of sp³-hybridized carbons (Fsp3) is 0.346. The third-order valence-corrected chi connectivity index (χ3v) is 7.18. The molecule has 2 heterocycles. The minimum Gasteiger partial charge on any atom is -0.469 e. The summed E-state index contributed by atoms with van der Waals surface area (Å²) in [4.78, 5) is 42.0. The molecule has 176 valence electrons. The predicted molar refractivity (Wildman–Crippen MR) is 131 cm³/mol. The zero-order valence-electron chi connectivity index (χ0n) is 19.3. The molecule has 2 amide bonds. The molecule has 2 aromatic rings. The van der Waals surface area contributed by atoms with Crippen LogP contribution in [0.5, 0.6) is 0 Å². The van der Waals surface area contributed by atoms with E-state index < -0.39 is 40.9 Å². The van der Waals surface area contributed by atoms with Crippen molar-refractivity contribution >= 4 is 50.8 Å². The number of ether oxygens (including phenoxy) is 2. The number of hydrogen-bond donors (Lipinski definition) is 1. The average molecular weight is 525 g/mol. The van der Waals surface area contributed by atoms with Crippen molar-refractivity contribution in [3.8, 4) is 0 Å². The standard InChI is InChI=1S/C26H25BrN2O5/c1-25(2,3)34-24(32)29-20-12-9-14(27)13-18(20)26(23(29)31)17(22(30)33-4)11-10-16-15-7-5-6-8-19(15)28-21(16)26/h5-10,12-13,17,21,28H,11H2,1-4H3/t17-,21-,26+/m1/s1. The molecule has 7 nitrogen and oxygen atoms in total. The first-order chi connectivity index (χ1) is 16.1. The van der Waals surface area contributed by atoms with Gasteiger partial charge in [0.05, 0.1) is 24.8 Å². The lowest BCUT2D eigenvalue weighted by Gasteiger charge is -2.42. The molecule has 0 aromatic heterocycles. The molecule has 1 aliphatic carbocycles. The Bertz CT molecular complexity index is 1260. The van der Waals surface area contributed by atoms with E-state index in [4.69, 9.17) is 9.47 Å².